The SMILES string of the molecule is COC(=O)c1ccc(CCNS(=O)(=O)Cc2ccccc2)cc1. The third kappa shape index (κ3) is 5.50. The lowest BCUT2D eigenvalue weighted by Crippen LogP contribution is -2.27. The lowest BCUT2D eigenvalue weighted by atomic mass is 10.1. The zero-order valence-electron chi connectivity index (χ0n) is 12.9. The summed E-state index contributed by atoms with van der Waals surface area (Å²) in [5.41, 5.74) is 2.17. The van der Waals surface area contributed by atoms with E-state index in [1.165, 1.54) is 7.11 Å². The van der Waals surface area contributed by atoms with Gasteiger partial charge >= 0.3 is 5.97 Å². The van der Waals surface area contributed by atoms with Gasteiger partial charge in [-0.2, -0.15) is 0 Å². The number of sulfonamides is 1. The van der Waals surface area contributed by atoms with E-state index in [9.17, 15) is 13.2 Å². The largest absolute Gasteiger partial charge is 0.465 e. The molecule has 0 aliphatic rings. The van der Waals surface area contributed by atoms with Crippen molar-refractivity contribution in [2.75, 3.05) is 13.7 Å². The number of rotatable bonds is 7. The number of benzene rings is 2. The summed E-state index contributed by atoms with van der Waals surface area (Å²) < 4.78 is 31.2. The van der Waals surface area contributed by atoms with E-state index in [2.05, 4.69) is 9.46 Å². The van der Waals surface area contributed by atoms with Gasteiger partial charge in [-0.3, -0.25) is 0 Å². The first-order chi connectivity index (χ1) is 11.0. The van der Waals surface area contributed by atoms with E-state index in [-0.39, 0.29) is 11.7 Å². The Bertz CT molecular complexity index is 740. The summed E-state index contributed by atoms with van der Waals surface area (Å²) in [6, 6.07) is 16.0. The highest BCUT2D eigenvalue weighted by molar-refractivity contribution is 7.88. The molecule has 0 radical (unpaired) electrons. The van der Waals surface area contributed by atoms with E-state index < -0.39 is 10.0 Å². The quantitative estimate of drug-likeness (QED) is 0.788. The first kappa shape index (κ1) is 17.2. The third-order valence-corrected chi connectivity index (χ3v) is 4.67. The second-order valence-corrected chi connectivity index (χ2v) is 6.88. The van der Waals surface area contributed by atoms with Gasteiger partial charge in [0.2, 0.25) is 10.0 Å². The van der Waals surface area contributed by atoms with Crippen molar-refractivity contribution < 1.29 is 17.9 Å². The van der Waals surface area contributed by atoms with E-state index in [0.717, 1.165) is 11.1 Å². The molecule has 0 unspecified atom stereocenters. The lowest BCUT2D eigenvalue weighted by Gasteiger charge is -2.07. The van der Waals surface area contributed by atoms with Gasteiger partial charge in [-0.1, -0.05) is 42.5 Å². The van der Waals surface area contributed by atoms with Crippen LogP contribution in [0.15, 0.2) is 54.6 Å². The molecule has 5 nitrogen and oxygen atoms in total. The van der Waals surface area contributed by atoms with Gasteiger partial charge in [-0.05, 0) is 29.7 Å². The maximum atomic E-state index is 12.0. The Balaban J connectivity index is 1.85. The number of hydrogen-bond donors (Lipinski definition) is 1. The van der Waals surface area contributed by atoms with E-state index >= 15 is 0 Å². The van der Waals surface area contributed by atoms with Crippen LogP contribution in [-0.4, -0.2) is 28.0 Å². The molecule has 2 aromatic carbocycles. The Labute approximate surface area is 136 Å². The summed E-state index contributed by atoms with van der Waals surface area (Å²) in [5.74, 6) is -0.421. The van der Waals surface area contributed by atoms with Gasteiger partial charge in [0.15, 0.2) is 0 Å². The third-order valence-electron chi connectivity index (χ3n) is 3.31. The Morgan fingerprint density at radius 1 is 1.00 bits per heavy atom. The first-order valence-electron chi connectivity index (χ1n) is 7.19. The van der Waals surface area contributed by atoms with Crippen molar-refractivity contribution in [1.29, 1.82) is 0 Å². The minimum absolute atomic E-state index is 0.0326. The normalized spacial score (nSPS) is 11.2. The molecule has 0 saturated heterocycles. The average molecular weight is 333 g/mol. The highest BCUT2D eigenvalue weighted by atomic mass is 32.2. The summed E-state index contributed by atoms with van der Waals surface area (Å²) in [7, 11) is -2.02. The van der Waals surface area contributed by atoms with E-state index in [1.807, 2.05) is 18.2 Å². The molecule has 0 aromatic heterocycles. The molecular formula is C17H19NO4S. The van der Waals surface area contributed by atoms with Gasteiger partial charge < -0.3 is 4.74 Å². The Hall–Kier alpha value is -2.18. The smallest absolute Gasteiger partial charge is 0.337 e. The van der Waals surface area contributed by atoms with Gasteiger partial charge in [0.25, 0.3) is 0 Å². The standard InChI is InChI=1S/C17H19NO4S/c1-22-17(19)16-9-7-14(8-10-16)11-12-18-23(20,21)13-15-5-3-2-4-6-15/h2-10,18H,11-13H2,1H3. The fourth-order valence-electron chi connectivity index (χ4n) is 2.12. The van der Waals surface area contributed by atoms with Crippen LogP contribution < -0.4 is 4.72 Å². The van der Waals surface area contributed by atoms with E-state index in [1.54, 1.807) is 36.4 Å². The molecule has 2 aromatic rings. The fourth-order valence-corrected chi connectivity index (χ4v) is 3.27. The van der Waals surface area contributed by atoms with Crippen LogP contribution in [0.2, 0.25) is 0 Å². The van der Waals surface area contributed by atoms with Crippen LogP contribution in [0.3, 0.4) is 0 Å². The molecule has 0 heterocycles. The first-order valence-corrected chi connectivity index (χ1v) is 8.84. The molecule has 1 N–H and O–H groups in total. The van der Waals surface area contributed by atoms with Crippen molar-refractivity contribution in [3.63, 3.8) is 0 Å². The molecule has 0 bridgehead atoms. The van der Waals surface area contributed by atoms with Crippen LogP contribution in [0.1, 0.15) is 21.5 Å². The van der Waals surface area contributed by atoms with Crippen molar-refractivity contribution >= 4 is 16.0 Å². The monoisotopic (exact) mass is 333 g/mol. The van der Waals surface area contributed by atoms with Gasteiger partial charge in [0, 0.05) is 6.54 Å². The average Bonchev–Trinajstić information content (AvgIpc) is 2.55. The molecule has 0 fully saturated rings. The highest BCUT2D eigenvalue weighted by Gasteiger charge is 2.11. The number of methoxy groups -OCH3 is 1. The van der Waals surface area contributed by atoms with E-state index in [4.69, 9.17) is 0 Å². The van der Waals surface area contributed by atoms with Gasteiger partial charge in [-0.15, -0.1) is 0 Å². The van der Waals surface area contributed by atoms with Gasteiger partial charge in [0.05, 0.1) is 18.4 Å². The molecule has 0 aliphatic heterocycles. The summed E-state index contributed by atoms with van der Waals surface area (Å²) in [6.07, 6.45) is 0.551. The van der Waals surface area contributed by atoms with Crippen molar-refractivity contribution in [3.8, 4) is 0 Å². The van der Waals surface area contributed by atoms with Gasteiger partial charge in [0.1, 0.15) is 0 Å². The highest BCUT2D eigenvalue weighted by Crippen LogP contribution is 2.07. The maximum absolute atomic E-state index is 12.0. The van der Waals surface area contributed by atoms with Crippen LogP contribution in [0.4, 0.5) is 0 Å². The zero-order chi connectivity index (χ0) is 16.7. The molecule has 0 atom stereocenters. The van der Waals surface area contributed by atoms with Crippen molar-refractivity contribution in [2.24, 2.45) is 0 Å². The Morgan fingerprint density at radius 2 is 1.65 bits per heavy atom. The van der Waals surface area contributed by atoms with Crippen molar-refractivity contribution in [1.82, 2.24) is 4.72 Å². The maximum Gasteiger partial charge on any atom is 0.337 e. The molecule has 122 valence electrons. The molecule has 0 amide bonds. The lowest BCUT2D eigenvalue weighted by molar-refractivity contribution is 0.0600. The molecule has 0 saturated carbocycles. The number of nitrogens with one attached hydrogen (secondary N) is 1. The van der Waals surface area contributed by atoms with Crippen LogP contribution in [-0.2, 0) is 26.9 Å². The molecule has 2 rings (SSSR count). The second kappa shape index (κ2) is 7.89. The predicted molar refractivity (Wildman–Crippen MR) is 88.6 cm³/mol. The number of ether oxygens (including phenoxy) is 1. The van der Waals surface area contributed by atoms with Crippen LogP contribution in [0, 0.1) is 0 Å². The van der Waals surface area contributed by atoms with Crippen molar-refractivity contribution in [2.45, 2.75) is 12.2 Å². The molecule has 0 aliphatic carbocycles. The Kier molecular flexibility index (Phi) is 5.90. The van der Waals surface area contributed by atoms with Crippen LogP contribution >= 0.6 is 0 Å². The summed E-state index contributed by atoms with van der Waals surface area (Å²) in [6.45, 7) is 0.312. The molecule has 0 spiro atoms. The Morgan fingerprint density at radius 3 is 2.26 bits per heavy atom. The fraction of sp³-hybridized carbons (Fsp3) is 0.235. The number of hydrogen-bond acceptors (Lipinski definition) is 4. The number of esters is 1. The summed E-state index contributed by atoms with van der Waals surface area (Å²) in [4.78, 5) is 11.3. The number of carbonyl (C=O) groups excluding carboxylic acids is 1. The topological polar surface area (TPSA) is 72.5 Å². The summed E-state index contributed by atoms with van der Waals surface area (Å²) in [5, 5.41) is 0. The minimum Gasteiger partial charge on any atom is -0.465 e. The number of carbonyl (C=O) groups is 1. The predicted octanol–water partition coefficient (Wildman–Crippen LogP) is 2.14. The molecule has 23 heavy (non-hydrogen) atoms. The molecular weight excluding hydrogens is 314 g/mol. The van der Waals surface area contributed by atoms with Crippen LogP contribution in [0.5, 0.6) is 0 Å². The van der Waals surface area contributed by atoms with Crippen molar-refractivity contribution in [3.05, 3.63) is 71.3 Å². The van der Waals surface area contributed by atoms with E-state index in [0.29, 0.717) is 18.5 Å². The van der Waals surface area contributed by atoms with Crippen LogP contribution in [0.25, 0.3) is 0 Å². The zero-order valence-corrected chi connectivity index (χ0v) is 13.7. The summed E-state index contributed by atoms with van der Waals surface area (Å²) >= 11 is 0. The van der Waals surface area contributed by atoms with Gasteiger partial charge in [-0.25, -0.2) is 17.9 Å². The molecule has 6 heteroatoms. The second-order valence-electron chi connectivity index (χ2n) is 5.08. The minimum atomic E-state index is -3.35.